The second-order valence-corrected chi connectivity index (χ2v) is 7.74. The Bertz CT molecular complexity index is 576. The summed E-state index contributed by atoms with van der Waals surface area (Å²) in [6.45, 7) is 4.55. The fourth-order valence-corrected chi connectivity index (χ4v) is 4.36. The van der Waals surface area contributed by atoms with Crippen LogP contribution in [0, 0.1) is 6.92 Å². The van der Waals surface area contributed by atoms with E-state index in [1.807, 2.05) is 0 Å². The van der Waals surface area contributed by atoms with E-state index in [4.69, 9.17) is 15.5 Å². The zero-order chi connectivity index (χ0) is 17.5. The third-order valence-electron chi connectivity index (χ3n) is 5.93. The van der Waals surface area contributed by atoms with Crippen LogP contribution in [0.15, 0.2) is 29.3 Å². The molecule has 0 bridgehead atoms. The molecule has 146 valence electrons. The Labute approximate surface area is 175 Å². The average Bonchev–Trinajstić information content (AvgIpc) is 2.90. The number of aryl methyl sites for hydroxylation is 1. The predicted octanol–water partition coefficient (Wildman–Crippen LogP) is 4.29. The Hall–Kier alpha value is -0.820. The van der Waals surface area contributed by atoms with E-state index >= 15 is 0 Å². The predicted molar refractivity (Wildman–Crippen MR) is 119 cm³/mol. The van der Waals surface area contributed by atoms with Gasteiger partial charge in [-0.1, -0.05) is 49.9 Å². The number of guanidine groups is 1. The van der Waals surface area contributed by atoms with E-state index in [1.165, 1.54) is 49.7 Å². The molecular formula is C21H34IN3O. The lowest BCUT2D eigenvalue weighted by Gasteiger charge is -2.37. The highest BCUT2D eigenvalue weighted by molar-refractivity contribution is 14.0. The highest BCUT2D eigenvalue weighted by Crippen LogP contribution is 2.37. The van der Waals surface area contributed by atoms with Crippen LogP contribution in [-0.2, 0) is 10.2 Å². The van der Waals surface area contributed by atoms with Crippen molar-refractivity contribution in [3.8, 4) is 0 Å². The van der Waals surface area contributed by atoms with E-state index in [0.717, 1.165) is 32.6 Å². The van der Waals surface area contributed by atoms with Crippen LogP contribution in [0.4, 0.5) is 0 Å². The second-order valence-electron chi connectivity index (χ2n) is 7.74. The van der Waals surface area contributed by atoms with Gasteiger partial charge in [0.2, 0.25) is 0 Å². The molecule has 1 heterocycles. The van der Waals surface area contributed by atoms with Gasteiger partial charge in [-0.25, -0.2) is 0 Å². The van der Waals surface area contributed by atoms with Crippen molar-refractivity contribution in [3.05, 3.63) is 35.4 Å². The maximum absolute atomic E-state index is 6.26. The molecule has 0 radical (unpaired) electrons. The molecule has 2 fully saturated rings. The molecule has 1 aliphatic heterocycles. The van der Waals surface area contributed by atoms with Crippen LogP contribution in [0.1, 0.15) is 62.5 Å². The Balaban J connectivity index is 0.00000243. The van der Waals surface area contributed by atoms with Gasteiger partial charge >= 0.3 is 0 Å². The lowest BCUT2D eigenvalue weighted by Crippen LogP contribution is -2.42. The van der Waals surface area contributed by atoms with Gasteiger partial charge in [0.1, 0.15) is 0 Å². The first-order valence-corrected chi connectivity index (χ1v) is 9.90. The number of rotatable bonds is 4. The molecule has 0 spiro atoms. The van der Waals surface area contributed by atoms with Gasteiger partial charge in [0.25, 0.3) is 0 Å². The average molecular weight is 471 g/mol. The quantitative estimate of drug-likeness (QED) is 0.298. The van der Waals surface area contributed by atoms with Crippen molar-refractivity contribution in [1.29, 1.82) is 0 Å². The van der Waals surface area contributed by atoms with E-state index in [0.29, 0.717) is 12.0 Å². The number of halogens is 1. The van der Waals surface area contributed by atoms with Crippen molar-refractivity contribution in [2.75, 3.05) is 19.8 Å². The summed E-state index contributed by atoms with van der Waals surface area (Å²) in [5.41, 5.74) is 9.06. The van der Waals surface area contributed by atoms with Gasteiger partial charge in [0.15, 0.2) is 5.96 Å². The molecule has 5 heteroatoms. The van der Waals surface area contributed by atoms with Crippen molar-refractivity contribution < 1.29 is 4.74 Å². The van der Waals surface area contributed by atoms with Crippen LogP contribution < -0.4 is 11.1 Å². The SMILES string of the molecule is Cc1ccccc1C1(CN=C(N)NC2CCCCCC2)CCOCC1.I. The summed E-state index contributed by atoms with van der Waals surface area (Å²) in [5, 5.41) is 3.48. The molecule has 4 nitrogen and oxygen atoms in total. The highest BCUT2D eigenvalue weighted by atomic mass is 127. The minimum absolute atomic E-state index is 0. The Kier molecular flexibility index (Phi) is 8.67. The van der Waals surface area contributed by atoms with Gasteiger partial charge in [-0.05, 0) is 43.7 Å². The third kappa shape index (κ3) is 5.59. The van der Waals surface area contributed by atoms with Crippen molar-refractivity contribution in [3.63, 3.8) is 0 Å². The van der Waals surface area contributed by atoms with E-state index in [2.05, 4.69) is 36.5 Å². The van der Waals surface area contributed by atoms with Gasteiger partial charge in [-0.2, -0.15) is 0 Å². The molecular weight excluding hydrogens is 437 g/mol. The van der Waals surface area contributed by atoms with Crippen LogP contribution in [0.2, 0.25) is 0 Å². The molecule has 0 atom stereocenters. The number of nitrogens with two attached hydrogens (primary N) is 1. The summed E-state index contributed by atoms with van der Waals surface area (Å²) >= 11 is 0. The second kappa shape index (κ2) is 10.5. The maximum Gasteiger partial charge on any atom is 0.188 e. The van der Waals surface area contributed by atoms with E-state index in [-0.39, 0.29) is 29.4 Å². The first kappa shape index (κ1) is 21.5. The molecule has 3 N–H and O–H groups in total. The molecule has 0 aromatic heterocycles. The number of aliphatic imine (C=N–C) groups is 1. The highest BCUT2D eigenvalue weighted by Gasteiger charge is 2.35. The number of hydrogen-bond acceptors (Lipinski definition) is 2. The molecule has 0 amide bonds. The zero-order valence-electron chi connectivity index (χ0n) is 16.0. The number of nitrogens with one attached hydrogen (secondary N) is 1. The smallest absolute Gasteiger partial charge is 0.188 e. The molecule has 3 rings (SSSR count). The van der Waals surface area contributed by atoms with Gasteiger partial charge in [-0.15, -0.1) is 24.0 Å². The summed E-state index contributed by atoms with van der Waals surface area (Å²) in [4.78, 5) is 4.79. The lowest BCUT2D eigenvalue weighted by molar-refractivity contribution is 0.0529. The molecule has 0 unspecified atom stereocenters. The van der Waals surface area contributed by atoms with Crippen LogP contribution in [0.5, 0.6) is 0 Å². The van der Waals surface area contributed by atoms with Crippen LogP contribution in [0.25, 0.3) is 0 Å². The van der Waals surface area contributed by atoms with Crippen molar-refractivity contribution >= 4 is 29.9 Å². The van der Waals surface area contributed by atoms with E-state index in [1.54, 1.807) is 0 Å². The third-order valence-corrected chi connectivity index (χ3v) is 5.93. The van der Waals surface area contributed by atoms with Crippen LogP contribution in [-0.4, -0.2) is 31.8 Å². The Morgan fingerprint density at radius 3 is 2.46 bits per heavy atom. The maximum atomic E-state index is 6.26. The molecule has 2 aliphatic rings. The first-order chi connectivity index (χ1) is 12.2. The normalized spacial score (nSPS) is 21.5. The number of ether oxygens (including phenoxy) is 1. The molecule has 1 aromatic rings. The minimum atomic E-state index is 0. The molecule has 1 aromatic carbocycles. The number of benzene rings is 1. The fraction of sp³-hybridized carbons (Fsp3) is 0.667. The summed E-state index contributed by atoms with van der Waals surface area (Å²) in [6.07, 6.45) is 9.76. The molecule has 26 heavy (non-hydrogen) atoms. The summed E-state index contributed by atoms with van der Waals surface area (Å²) in [6, 6.07) is 9.19. The topological polar surface area (TPSA) is 59.6 Å². The number of nitrogens with zero attached hydrogens (tertiary/aromatic N) is 1. The molecule has 1 aliphatic carbocycles. The summed E-state index contributed by atoms with van der Waals surface area (Å²) in [5.74, 6) is 0.617. The van der Waals surface area contributed by atoms with Crippen LogP contribution >= 0.6 is 24.0 Å². The van der Waals surface area contributed by atoms with Gasteiger partial charge < -0.3 is 15.8 Å². The number of hydrogen-bond donors (Lipinski definition) is 2. The first-order valence-electron chi connectivity index (χ1n) is 9.90. The monoisotopic (exact) mass is 471 g/mol. The Morgan fingerprint density at radius 1 is 1.15 bits per heavy atom. The zero-order valence-corrected chi connectivity index (χ0v) is 18.3. The van der Waals surface area contributed by atoms with E-state index < -0.39 is 0 Å². The summed E-state index contributed by atoms with van der Waals surface area (Å²) in [7, 11) is 0. The van der Waals surface area contributed by atoms with E-state index in [9.17, 15) is 0 Å². The lowest BCUT2D eigenvalue weighted by atomic mass is 9.72. The van der Waals surface area contributed by atoms with Crippen molar-refractivity contribution in [2.45, 2.75) is 69.7 Å². The summed E-state index contributed by atoms with van der Waals surface area (Å²) < 4.78 is 5.63. The minimum Gasteiger partial charge on any atom is -0.381 e. The van der Waals surface area contributed by atoms with Gasteiger partial charge in [-0.3, -0.25) is 4.99 Å². The standard InChI is InChI=1S/C21H33N3O.HI/c1-17-8-6-7-11-19(17)21(12-14-25-15-13-21)16-23-20(22)24-18-9-4-2-3-5-10-18;/h6-8,11,18H,2-5,9-10,12-16H2,1H3,(H3,22,23,24);1H. The molecule has 1 saturated heterocycles. The molecule has 1 saturated carbocycles. The largest absolute Gasteiger partial charge is 0.381 e. The Morgan fingerprint density at radius 2 is 1.81 bits per heavy atom. The van der Waals surface area contributed by atoms with Gasteiger partial charge in [0, 0.05) is 24.7 Å². The van der Waals surface area contributed by atoms with Gasteiger partial charge in [0.05, 0.1) is 6.54 Å². The van der Waals surface area contributed by atoms with Crippen molar-refractivity contribution in [1.82, 2.24) is 5.32 Å². The van der Waals surface area contributed by atoms with Crippen molar-refractivity contribution in [2.24, 2.45) is 10.7 Å². The van der Waals surface area contributed by atoms with Crippen LogP contribution in [0.3, 0.4) is 0 Å². The fourth-order valence-electron chi connectivity index (χ4n) is 4.36.